The number of carbonyl (C=O) groups is 1. The van der Waals surface area contributed by atoms with Crippen LogP contribution in [0.5, 0.6) is 0 Å². The number of nitrogens with one attached hydrogen (secondary N) is 1. The summed E-state index contributed by atoms with van der Waals surface area (Å²) < 4.78 is 2.57. The number of aromatic amines is 1. The van der Waals surface area contributed by atoms with Gasteiger partial charge in [-0.1, -0.05) is 63.4 Å². The lowest BCUT2D eigenvalue weighted by atomic mass is 10.1. The molecule has 166 valence electrons. The van der Waals surface area contributed by atoms with Gasteiger partial charge in [0, 0.05) is 21.9 Å². The van der Waals surface area contributed by atoms with Gasteiger partial charge in [0.05, 0.1) is 0 Å². The molecule has 4 heterocycles. The minimum Gasteiger partial charge on any atom is -0.287 e. The Morgan fingerprint density at radius 2 is 1.54 bits per heavy atom. The number of ketones is 1. The van der Waals surface area contributed by atoms with Crippen LogP contribution in [0, 0.1) is 4.91 Å². The van der Waals surface area contributed by atoms with Gasteiger partial charge in [-0.15, -0.1) is 19.7 Å². The highest BCUT2D eigenvalue weighted by Gasteiger charge is 2.30. The van der Waals surface area contributed by atoms with Crippen molar-refractivity contribution >= 4 is 33.8 Å². The number of hydrogen-bond acceptors (Lipinski definition) is 12. The summed E-state index contributed by atoms with van der Waals surface area (Å²) in [6.07, 6.45) is 0. The van der Waals surface area contributed by atoms with Crippen molar-refractivity contribution in [2.75, 3.05) is 0 Å². The molecular formula is C20H9N13O2. The monoisotopic (exact) mass is 463 g/mol. The zero-order valence-electron chi connectivity index (χ0n) is 17.3. The third kappa shape index (κ3) is 2.65. The molecule has 5 aromatic rings. The van der Waals surface area contributed by atoms with Gasteiger partial charge in [0.15, 0.2) is 0 Å². The summed E-state index contributed by atoms with van der Waals surface area (Å²) in [6, 6.07) is 14.7. The predicted molar refractivity (Wildman–Crippen MR) is 118 cm³/mol. The minimum atomic E-state index is -0.131. The number of fused-ring (bicyclic) bond motifs is 8. The maximum atomic E-state index is 12.1. The Kier molecular flexibility index (Phi) is 3.76. The van der Waals surface area contributed by atoms with E-state index >= 15 is 0 Å². The van der Waals surface area contributed by atoms with Crippen LogP contribution in [-0.2, 0) is 0 Å². The highest BCUT2D eigenvalue weighted by Crippen LogP contribution is 2.41. The molecule has 35 heavy (non-hydrogen) atoms. The molecule has 3 aliphatic rings. The number of nitroso groups, excluding NO2 is 1. The summed E-state index contributed by atoms with van der Waals surface area (Å²) in [6.45, 7) is 0. The predicted octanol–water partition coefficient (Wildman–Crippen LogP) is 1.63. The third-order valence-electron chi connectivity index (χ3n) is 5.57. The topological polar surface area (TPSA) is 187 Å². The molecule has 0 fully saturated rings. The van der Waals surface area contributed by atoms with Crippen molar-refractivity contribution < 1.29 is 4.79 Å². The molecular weight excluding hydrogens is 454 g/mol. The second-order valence-corrected chi connectivity index (χ2v) is 7.46. The Labute approximate surface area is 192 Å². The molecule has 1 N–H and O–H groups in total. The number of nitrogens with zero attached hydrogens (tertiary/aromatic N) is 12. The van der Waals surface area contributed by atoms with E-state index in [9.17, 15) is 9.70 Å². The van der Waals surface area contributed by atoms with Crippen LogP contribution in [0.3, 0.4) is 0 Å². The van der Waals surface area contributed by atoms with Crippen LogP contribution in [0.1, 0.15) is 16.1 Å². The molecule has 0 atom stereocenters. The zero-order valence-corrected chi connectivity index (χ0v) is 17.3. The quantitative estimate of drug-likeness (QED) is 0.348. The Hall–Kier alpha value is -5.60. The first-order valence-electron chi connectivity index (χ1n) is 10.1. The molecule has 0 bridgehead atoms. The van der Waals surface area contributed by atoms with E-state index in [0.29, 0.717) is 39.8 Å². The van der Waals surface area contributed by atoms with Gasteiger partial charge < -0.3 is 0 Å². The first-order valence-corrected chi connectivity index (χ1v) is 10.1. The van der Waals surface area contributed by atoms with Crippen molar-refractivity contribution in [3.63, 3.8) is 0 Å². The standard InChI is InChI=1S/C10H5N7O.C10H4N6O/c18-14-8-6-4-2-1-3-5(6)7-9(8)11-10-12-15-16-17(10)13-7;17-9-6-4-2-1-3-5(6)7-8(9)11-10-12-14-15-16(10)13-7/h1-4H,(H,11,12,16);1-4H. The van der Waals surface area contributed by atoms with Crippen LogP contribution in [0.4, 0.5) is 5.69 Å². The van der Waals surface area contributed by atoms with Gasteiger partial charge >= 0.3 is 0 Å². The minimum absolute atomic E-state index is 0.131. The molecule has 15 nitrogen and oxygen atoms in total. The van der Waals surface area contributed by atoms with Gasteiger partial charge in [0.1, 0.15) is 28.5 Å². The summed E-state index contributed by atoms with van der Waals surface area (Å²) in [4.78, 5) is 31.4. The Bertz CT molecular complexity index is 1920. The number of aromatic nitrogens is 12. The smallest absolute Gasteiger partial charge is 0.287 e. The van der Waals surface area contributed by atoms with E-state index in [1.807, 2.05) is 42.5 Å². The average Bonchev–Trinajstić information content (AvgIpc) is 3.67. The zero-order chi connectivity index (χ0) is 23.5. The fourth-order valence-corrected chi connectivity index (χ4v) is 4.06. The largest absolute Gasteiger partial charge is 0.292 e. The van der Waals surface area contributed by atoms with Crippen molar-refractivity contribution in [1.29, 1.82) is 0 Å². The van der Waals surface area contributed by atoms with E-state index in [0.717, 1.165) is 16.3 Å². The highest BCUT2D eigenvalue weighted by atomic mass is 16.3. The average molecular weight is 463 g/mol. The number of carbonyl (C=O) groups excluding carboxylic acids is 1. The molecule has 0 spiro atoms. The molecule has 2 aromatic carbocycles. The number of rotatable bonds is 1. The van der Waals surface area contributed by atoms with Gasteiger partial charge in [-0.3, -0.25) is 4.79 Å². The molecule has 15 heteroatoms. The van der Waals surface area contributed by atoms with Gasteiger partial charge in [0.2, 0.25) is 5.78 Å². The first-order chi connectivity index (χ1) is 17.2. The van der Waals surface area contributed by atoms with Crippen LogP contribution in [0.2, 0.25) is 0 Å². The molecule has 0 unspecified atom stereocenters. The van der Waals surface area contributed by atoms with Gasteiger partial charge in [0.25, 0.3) is 11.6 Å². The number of hydrogen-bond donors (Lipinski definition) is 1. The van der Waals surface area contributed by atoms with E-state index in [-0.39, 0.29) is 11.6 Å². The van der Waals surface area contributed by atoms with Crippen molar-refractivity contribution in [2.45, 2.75) is 0 Å². The van der Waals surface area contributed by atoms with Crippen LogP contribution in [0.25, 0.3) is 45.0 Å². The summed E-state index contributed by atoms with van der Waals surface area (Å²) >= 11 is 0. The molecule has 8 rings (SSSR count). The fourth-order valence-electron chi connectivity index (χ4n) is 4.06. The highest BCUT2D eigenvalue weighted by molar-refractivity contribution is 6.19. The second kappa shape index (κ2) is 6.95. The van der Waals surface area contributed by atoms with Crippen molar-refractivity contribution in [3.8, 4) is 22.6 Å². The van der Waals surface area contributed by atoms with E-state index in [1.54, 1.807) is 6.07 Å². The normalized spacial score (nSPS) is 12.2. The Balaban J connectivity index is 0.000000120. The van der Waals surface area contributed by atoms with E-state index < -0.39 is 0 Å². The van der Waals surface area contributed by atoms with Gasteiger partial charge in [-0.2, -0.15) is 5.21 Å². The van der Waals surface area contributed by atoms with E-state index in [1.165, 1.54) is 9.26 Å². The molecule has 0 radical (unpaired) electrons. The molecule has 0 saturated heterocycles. The molecule has 0 amide bonds. The van der Waals surface area contributed by atoms with Crippen LogP contribution in [-0.4, -0.2) is 66.3 Å². The summed E-state index contributed by atoms with van der Waals surface area (Å²) in [7, 11) is 0. The van der Waals surface area contributed by atoms with Crippen LogP contribution >= 0.6 is 0 Å². The van der Waals surface area contributed by atoms with Crippen LogP contribution in [0.15, 0.2) is 53.7 Å². The fraction of sp³-hybridized carbons (Fsp3) is 0. The lowest BCUT2D eigenvalue weighted by molar-refractivity contribution is 0.103. The summed E-state index contributed by atoms with van der Waals surface area (Å²) in [5.74, 6) is 0.390. The SMILES string of the molecule is O=C1c2ccccc2-c2nn3nnnc3nc21.O=Nc1c2nc3nn[nH]n3nc-2c2ccccc12. The maximum Gasteiger partial charge on any atom is 0.292 e. The molecule has 0 saturated carbocycles. The van der Waals surface area contributed by atoms with Crippen LogP contribution < -0.4 is 0 Å². The number of benzene rings is 2. The van der Waals surface area contributed by atoms with Crippen molar-refractivity contribution in [3.05, 3.63) is 64.7 Å². The van der Waals surface area contributed by atoms with Gasteiger partial charge in [-0.25, -0.2) is 9.97 Å². The maximum absolute atomic E-state index is 12.1. The van der Waals surface area contributed by atoms with Crippen molar-refractivity contribution in [1.82, 2.24) is 60.5 Å². The molecule has 2 aliphatic carbocycles. The van der Waals surface area contributed by atoms with Gasteiger partial charge in [-0.05, 0) is 20.8 Å². The lowest BCUT2D eigenvalue weighted by Crippen LogP contribution is -2.04. The summed E-state index contributed by atoms with van der Waals surface area (Å²) in [5, 5.41) is 33.9. The van der Waals surface area contributed by atoms with Crippen molar-refractivity contribution in [2.24, 2.45) is 5.18 Å². The number of H-pyrrole nitrogens is 1. The first kappa shape index (κ1) is 18.9. The van der Waals surface area contributed by atoms with E-state index in [2.05, 4.69) is 56.4 Å². The Morgan fingerprint density at radius 3 is 2.40 bits per heavy atom. The Morgan fingerprint density at radius 1 is 0.771 bits per heavy atom. The van der Waals surface area contributed by atoms with E-state index in [4.69, 9.17) is 0 Å². The molecule has 3 aromatic heterocycles. The third-order valence-corrected chi connectivity index (χ3v) is 5.57. The molecule has 1 aliphatic heterocycles. The number of tetrazole rings is 2. The summed E-state index contributed by atoms with van der Waals surface area (Å²) in [5.41, 5.74) is 3.57. The second-order valence-electron chi connectivity index (χ2n) is 7.46. The lowest BCUT2D eigenvalue weighted by Gasteiger charge is -1.97.